The summed E-state index contributed by atoms with van der Waals surface area (Å²) in [6, 6.07) is 6.91. The predicted octanol–water partition coefficient (Wildman–Crippen LogP) is 5.03. The van der Waals surface area contributed by atoms with E-state index in [0.29, 0.717) is 6.04 Å². The molecule has 0 aromatic heterocycles. The average molecular weight is 378 g/mol. The van der Waals surface area contributed by atoms with Crippen molar-refractivity contribution in [2.45, 2.75) is 38.6 Å². The van der Waals surface area contributed by atoms with Crippen molar-refractivity contribution in [3.63, 3.8) is 0 Å². The Hall–Kier alpha value is 0.200. The fourth-order valence-corrected chi connectivity index (χ4v) is 3.52. The van der Waals surface area contributed by atoms with E-state index in [1.807, 2.05) is 0 Å². The Morgan fingerprint density at radius 1 is 1.28 bits per heavy atom. The summed E-state index contributed by atoms with van der Waals surface area (Å²) < 4.78 is 1.13. The van der Waals surface area contributed by atoms with Crippen LogP contribution in [-0.4, -0.2) is 7.05 Å². The highest BCUT2D eigenvalue weighted by Gasteiger charge is 2.26. The summed E-state index contributed by atoms with van der Waals surface area (Å²) in [6.45, 7) is 2.37. The Labute approximate surface area is 129 Å². The van der Waals surface area contributed by atoms with Crippen LogP contribution in [0.25, 0.3) is 0 Å². The molecule has 1 N–H and O–H groups in total. The van der Waals surface area contributed by atoms with E-state index in [1.54, 1.807) is 0 Å². The average Bonchev–Trinajstić information content (AvgIpc) is 2.37. The first-order valence-corrected chi connectivity index (χ1v) is 8.19. The van der Waals surface area contributed by atoms with Gasteiger partial charge in [0.25, 0.3) is 0 Å². The van der Waals surface area contributed by atoms with Gasteiger partial charge < -0.3 is 5.32 Å². The topological polar surface area (TPSA) is 12.0 Å². The van der Waals surface area contributed by atoms with Gasteiger partial charge in [-0.15, -0.1) is 0 Å². The van der Waals surface area contributed by atoms with Crippen LogP contribution in [0, 0.1) is 15.4 Å². The van der Waals surface area contributed by atoms with Gasteiger partial charge in [0.2, 0.25) is 0 Å². The van der Waals surface area contributed by atoms with Gasteiger partial charge in [-0.1, -0.05) is 37.4 Å². The van der Waals surface area contributed by atoms with Crippen LogP contribution in [0.3, 0.4) is 0 Å². The maximum Gasteiger partial charge on any atom is 0.0542 e. The summed E-state index contributed by atoms with van der Waals surface area (Å²) >= 11 is 8.52. The summed E-state index contributed by atoms with van der Waals surface area (Å²) in [7, 11) is 2.06. The number of nitrogens with one attached hydrogen (secondary N) is 1. The molecule has 0 saturated heterocycles. The van der Waals surface area contributed by atoms with E-state index in [9.17, 15) is 0 Å². The molecule has 0 radical (unpaired) electrons. The molecule has 0 amide bonds. The van der Waals surface area contributed by atoms with Crippen molar-refractivity contribution in [2.24, 2.45) is 11.8 Å². The van der Waals surface area contributed by atoms with Crippen LogP contribution in [-0.2, 0) is 0 Å². The Morgan fingerprint density at radius 2 is 1.94 bits per heavy atom. The molecular weight excluding hydrogens is 357 g/mol. The second-order valence-corrected chi connectivity index (χ2v) is 7.03. The fourth-order valence-electron chi connectivity index (χ4n) is 3.00. The van der Waals surface area contributed by atoms with Gasteiger partial charge in [-0.05, 0) is 72.0 Å². The lowest BCUT2D eigenvalue weighted by atomic mass is 9.77. The van der Waals surface area contributed by atoms with Crippen molar-refractivity contribution >= 4 is 34.2 Å². The summed E-state index contributed by atoms with van der Waals surface area (Å²) in [4.78, 5) is 0. The van der Waals surface area contributed by atoms with Crippen LogP contribution >= 0.6 is 34.2 Å². The van der Waals surface area contributed by atoms with Crippen molar-refractivity contribution in [3.05, 3.63) is 32.4 Å². The van der Waals surface area contributed by atoms with Crippen molar-refractivity contribution in [2.75, 3.05) is 7.05 Å². The van der Waals surface area contributed by atoms with E-state index in [0.717, 1.165) is 20.4 Å². The number of halogens is 2. The predicted molar refractivity (Wildman–Crippen MR) is 87.1 cm³/mol. The zero-order valence-corrected chi connectivity index (χ0v) is 14.0. The summed E-state index contributed by atoms with van der Waals surface area (Å²) in [5, 5.41) is 4.36. The maximum absolute atomic E-state index is 6.24. The van der Waals surface area contributed by atoms with Gasteiger partial charge in [0.15, 0.2) is 0 Å². The molecular formula is C15H21ClIN. The first-order chi connectivity index (χ1) is 8.61. The lowest BCUT2D eigenvalue weighted by Gasteiger charge is -2.33. The molecule has 1 aliphatic carbocycles. The van der Waals surface area contributed by atoms with Gasteiger partial charge in [-0.2, -0.15) is 0 Å². The van der Waals surface area contributed by atoms with E-state index in [2.05, 4.69) is 60.1 Å². The zero-order chi connectivity index (χ0) is 13.1. The highest BCUT2D eigenvalue weighted by molar-refractivity contribution is 14.1. The SMILES string of the molecule is CNC(c1ccc(I)c(Cl)c1)C1CCC(C)CC1. The number of benzene rings is 1. The third-order valence-electron chi connectivity index (χ3n) is 4.15. The Morgan fingerprint density at radius 3 is 2.50 bits per heavy atom. The molecule has 0 spiro atoms. The molecule has 3 heteroatoms. The number of rotatable bonds is 3. The molecule has 1 nitrogen and oxygen atoms in total. The summed E-state index contributed by atoms with van der Waals surface area (Å²) in [5.74, 6) is 1.65. The Kier molecular flexibility index (Phi) is 5.34. The van der Waals surface area contributed by atoms with Gasteiger partial charge in [-0.3, -0.25) is 0 Å². The lowest BCUT2D eigenvalue weighted by molar-refractivity contribution is 0.238. The van der Waals surface area contributed by atoms with Crippen LogP contribution in [0.1, 0.15) is 44.2 Å². The molecule has 1 aromatic carbocycles. The normalized spacial score (nSPS) is 26.0. The van der Waals surface area contributed by atoms with Crippen LogP contribution in [0.2, 0.25) is 5.02 Å². The van der Waals surface area contributed by atoms with Gasteiger partial charge in [0.1, 0.15) is 0 Å². The smallest absolute Gasteiger partial charge is 0.0542 e. The molecule has 1 aliphatic rings. The largest absolute Gasteiger partial charge is 0.313 e. The first-order valence-electron chi connectivity index (χ1n) is 6.74. The van der Waals surface area contributed by atoms with E-state index >= 15 is 0 Å². The Balaban J connectivity index is 2.14. The monoisotopic (exact) mass is 377 g/mol. The van der Waals surface area contributed by atoms with E-state index in [1.165, 1.54) is 31.2 Å². The Bertz CT molecular complexity index is 399. The van der Waals surface area contributed by atoms with Gasteiger partial charge in [0, 0.05) is 9.61 Å². The maximum atomic E-state index is 6.24. The van der Waals surface area contributed by atoms with Crippen LogP contribution in [0.15, 0.2) is 18.2 Å². The zero-order valence-electron chi connectivity index (χ0n) is 11.0. The summed E-state index contributed by atoms with van der Waals surface area (Å²) in [5.41, 5.74) is 1.34. The van der Waals surface area contributed by atoms with Crippen molar-refractivity contribution in [3.8, 4) is 0 Å². The second kappa shape index (κ2) is 6.58. The van der Waals surface area contributed by atoms with Gasteiger partial charge in [0.05, 0.1) is 5.02 Å². The summed E-state index contributed by atoms with van der Waals surface area (Å²) in [6.07, 6.45) is 5.38. The molecule has 1 aromatic rings. The molecule has 1 fully saturated rings. The third kappa shape index (κ3) is 3.40. The molecule has 1 unspecified atom stereocenters. The minimum Gasteiger partial charge on any atom is -0.313 e. The second-order valence-electron chi connectivity index (χ2n) is 5.46. The highest BCUT2D eigenvalue weighted by Crippen LogP contribution is 2.37. The molecule has 18 heavy (non-hydrogen) atoms. The molecule has 0 aliphatic heterocycles. The van der Waals surface area contributed by atoms with Crippen molar-refractivity contribution in [1.29, 1.82) is 0 Å². The van der Waals surface area contributed by atoms with Crippen molar-refractivity contribution < 1.29 is 0 Å². The first kappa shape index (κ1) is 14.6. The van der Waals surface area contributed by atoms with Crippen LogP contribution in [0.4, 0.5) is 0 Å². The minimum atomic E-state index is 0.451. The highest BCUT2D eigenvalue weighted by atomic mass is 127. The van der Waals surface area contributed by atoms with Crippen LogP contribution < -0.4 is 5.32 Å². The van der Waals surface area contributed by atoms with E-state index in [4.69, 9.17) is 11.6 Å². The molecule has 2 rings (SSSR count). The van der Waals surface area contributed by atoms with Gasteiger partial charge in [-0.25, -0.2) is 0 Å². The van der Waals surface area contributed by atoms with Crippen LogP contribution in [0.5, 0.6) is 0 Å². The number of hydrogen-bond donors (Lipinski definition) is 1. The van der Waals surface area contributed by atoms with Gasteiger partial charge >= 0.3 is 0 Å². The molecule has 1 saturated carbocycles. The molecule has 1 atom stereocenters. The third-order valence-corrected chi connectivity index (χ3v) is 5.72. The molecule has 0 bridgehead atoms. The lowest BCUT2D eigenvalue weighted by Crippen LogP contribution is -2.28. The fraction of sp³-hybridized carbons (Fsp3) is 0.600. The quantitative estimate of drug-likeness (QED) is 0.728. The number of hydrogen-bond acceptors (Lipinski definition) is 1. The van der Waals surface area contributed by atoms with Crippen molar-refractivity contribution in [1.82, 2.24) is 5.32 Å². The minimum absolute atomic E-state index is 0.451. The molecule has 100 valence electrons. The molecule has 0 heterocycles. The van der Waals surface area contributed by atoms with E-state index < -0.39 is 0 Å². The van der Waals surface area contributed by atoms with E-state index in [-0.39, 0.29) is 0 Å². The standard InChI is InChI=1S/C15H21ClIN/c1-10-3-5-11(6-4-10)15(18-2)12-7-8-14(17)13(16)9-12/h7-11,15,18H,3-6H2,1-2H3.